The van der Waals surface area contributed by atoms with Gasteiger partial charge in [0.15, 0.2) is 0 Å². The first-order chi connectivity index (χ1) is 33.9. The summed E-state index contributed by atoms with van der Waals surface area (Å²) in [7, 11) is 9.87. The molecule has 0 spiro atoms. The molecule has 0 aliphatic heterocycles. The van der Waals surface area contributed by atoms with Crippen LogP contribution in [-0.2, 0) is 56.6 Å². The molecule has 0 atom stereocenters. The molecule has 0 unspecified atom stereocenters. The first-order valence-corrected chi connectivity index (χ1v) is 30.5. The molecular formula is C60H76Cl2N6O2Zr2-6. The third-order valence-corrected chi connectivity index (χ3v) is 11.9. The summed E-state index contributed by atoms with van der Waals surface area (Å²) in [5.74, 6) is 0. The number of hydrogen-bond acceptors (Lipinski definition) is 4. The number of benzene rings is 6. The van der Waals surface area contributed by atoms with Crippen LogP contribution in [0.15, 0.2) is 97.1 Å². The van der Waals surface area contributed by atoms with Crippen molar-refractivity contribution in [2.45, 2.75) is 96.9 Å². The molecule has 72 heavy (non-hydrogen) atoms. The van der Waals surface area contributed by atoms with Crippen molar-refractivity contribution in [1.82, 2.24) is 10.6 Å². The maximum atomic E-state index is 9.88. The predicted octanol–water partition coefficient (Wildman–Crippen LogP) is 16.0. The number of nitrogens with one attached hydrogen (secondary N) is 2. The van der Waals surface area contributed by atoms with Gasteiger partial charge in [-0.1, -0.05) is 110 Å². The van der Waals surface area contributed by atoms with Gasteiger partial charge < -0.3 is 41.5 Å². The van der Waals surface area contributed by atoms with Crippen molar-refractivity contribution in [2.75, 3.05) is 52.4 Å². The van der Waals surface area contributed by atoms with Gasteiger partial charge in [-0.3, -0.25) is 0 Å². The molecule has 6 aromatic rings. The van der Waals surface area contributed by atoms with Crippen molar-refractivity contribution in [3.8, 4) is 0 Å². The van der Waals surface area contributed by atoms with Crippen LogP contribution in [0.2, 0.25) is 0 Å². The molecule has 6 rings (SSSR count). The molecule has 6 aromatic carbocycles. The normalized spacial score (nSPS) is 9.94. The molecule has 0 aromatic heterocycles. The second-order valence-electron chi connectivity index (χ2n) is 17.8. The minimum atomic E-state index is -0.826. The summed E-state index contributed by atoms with van der Waals surface area (Å²) < 4.78 is 0. The fourth-order valence-corrected chi connectivity index (χ4v) is 8.23. The van der Waals surface area contributed by atoms with Gasteiger partial charge in [0.25, 0.3) is 0 Å². The summed E-state index contributed by atoms with van der Waals surface area (Å²) in [6.45, 7) is 36.9. The van der Waals surface area contributed by atoms with Gasteiger partial charge in [0.05, 0.1) is 12.6 Å². The largest absolute Gasteiger partial charge is 0 e. The van der Waals surface area contributed by atoms with Gasteiger partial charge in [-0.2, -0.15) is 35.4 Å². The minimum Gasteiger partial charge on any atom is 0 e. The maximum absolute atomic E-state index is 9.88. The molecule has 386 valence electrons. The number of carbonyl (C=O) groups excluding carboxylic acids is 2. The van der Waals surface area contributed by atoms with Gasteiger partial charge in [-0.25, -0.2) is 0 Å². The third-order valence-electron chi connectivity index (χ3n) is 11.9. The molecule has 0 aliphatic rings. The summed E-state index contributed by atoms with van der Waals surface area (Å²) in [4.78, 5) is 19.8. The van der Waals surface area contributed by atoms with Gasteiger partial charge in [0.1, 0.15) is 0 Å². The molecule has 12 heteroatoms. The molecule has 0 saturated carbocycles. The fraction of sp³-hybridized carbons (Fsp3) is 0.367. The molecule has 0 heterocycles. The number of aryl methyl sites for hydroxylation is 9. The second kappa shape index (κ2) is 37.0. The Hall–Kier alpha value is -3.87. The minimum absolute atomic E-state index is 0. The average molecular weight is 1170 g/mol. The molecule has 0 bridgehead atoms. The van der Waals surface area contributed by atoms with E-state index < -0.39 is 20.8 Å². The van der Waals surface area contributed by atoms with Crippen molar-refractivity contribution in [3.63, 3.8) is 0 Å². The smallest absolute Gasteiger partial charge is 0 e. The first kappa shape index (κ1) is 66.1. The van der Waals surface area contributed by atoms with E-state index >= 15 is 0 Å². The molecule has 8 nitrogen and oxygen atoms in total. The van der Waals surface area contributed by atoms with Gasteiger partial charge in [0, 0.05) is 26.2 Å². The van der Waals surface area contributed by atoms with Crippen molar-refractivity contribution in [2.24, 2.45) is 0 Å². The predicted molar refractivity (Wildman–Crippen MR) is 304 cm³/mol. The summed E-state index contributed by atoms with van der Waals surface area (Å²) in [6, 6.07) is 31.0. The number of rotatable bonds is 18. The zero-order valence-electron chi connectivity index (χ0n) is 45.3. The third kappa shape index (κ3) is 24.0. The quantitative estimate of drug-likeness (QED) is 0.0659. The molecule has 0 aliphatic carbocycles. The average Bonchev–Trinajstić information content (AvgIpc) is 3.33. The van der Waals surface area contributed by atoms with Crippen LogP contribution < -0.4 is 10.6 Å². The Bertz CT molecular complexity index is 2340. The van der Waals surface area contributed by atoms with Gasteiger partial charge in [0.2, 0.25) is 0 Å². The molecule has 0 fully saturated rings. The molecule has 0 saturated heterocycles. The zero-order chi connectivity index (χ0) is 52.9. The standard InChI is InChI=1S/C24H35N3.C22H31N3.2C7H5O.2ClH.2Zr/c1-15-13-16(2)23(17(3)14-15)26-11-9-25-10-12-27-24-21(7)19(5)18(4)20(6)22(24)8;1-15-11-17(3)21(18(4)12-15)24-9-7-23-8-10-25-22-19(5)13-16(2)14-20(22)6;2*8-6-7-4-2-1-3-5-7;;;;/h13-14,25H,9-12H2,1-8H3;11-14,23H,7-10H2,1-6H3;2*1-5H;2*1H;;/q2*-2;2*-1;;;;+2/p-2. The Labute approximate surface area is 472 Å². The first-order valence-electron chi connectivity index (χ1n) is 24.1. The van der Waals surface area contributed by atoms with Crippen molar-refractivity contribution in [3.05, 3.63) is 207 Å². The van der Waals surface area contributed by atoms with Crippen LogP contribution in [0.1, 0.15) is 89.0 Å². The van der Waals surface area contributed by atoms with Crippen molar-refractivity contribution >= 4 is 52.3 Å². The van der Waals surface area contributed by atoms with E-state index in [-0.39, 0.29) is 26.2 Å². The van der Waals surface area contributed by atoms with Crippen LogP contribution >= 0.6 is 17.0 Å². The summed E-state index contributed by atoms with van der Waals surface area (Å²) in [6.07, 6.45) is 3.55. The SMILES string of the molecule is Cc1cc(C)c([N-]CCNCC[N-]c2c(C)c(C)c(C)c(C)c2C)c(C)c1.Cc1cc(C)c([N-]CCNCC[N-]c2c(C)cc(C)cc2C)c(C)c1.O=[C-]c1ccccc1.O=[C-]c1ccccc1.[Cl][Zr][Cl].[Zr]. The van der Waals surface area contributed by atoms with E-state index in [1.807, 2.05) is 12.1 Å². The summed E-state index contributed by atoms with van der Waals surface area (Å²) in [5.41, 5.74) is 24.0. The summed E-state index contributed by atoms with van der Waals surface area (Å²) >= 11 is -0.826. The van der Waals surface area contributed by atoms with Gasteiger partial charge in [-0.15, -0.1) is 73.2 Å². The maximum Gasteiger partial charge on any atom is 0 e. The zero-order valence-corrected chi connectivity index (χ0v) is 51.7. The monoisotopic (exact) mass is 1160 g/mol. The number of halogens is 2. The van der Waals surface area contributed by atoms with Gasteiger partial charge >= 0.3 is 37.9 Å². The van der Waals surface area contributed by atoms with E-state index in [9.17, 15) is 9.59 Å². The Balaban J connectivity index is 0.000000524. The van der Waals surface area contributed by atoms with E-state index in [1.165, 1.54) is 83.6 Å². The molecule has 0 amide bonds. The van der Waals surface area contributed by atoms with Gasteiger partial charge in [-0.05, 0) is 140 Å². The van der Waals surface area contributed by atoms with Crippen LogP contribution in [-0.4, -0.2) is 64.9 Å². The number of nitrogens with zero attached hydrogens (tertiary/aromatic N) is 4. The molecule has 0 radical (unpaired) electrons. The summed E-state index contributed by atoms with van der Waals surface area (Å²) in [5, 5.41) is 26.0. The Morgan fingerprint density at radius 1 is 0.389 bits per heavy atom. The van der Waals surface area contributed by atoms with Crippen LogP contribution in [0.3, 0.4) is 0 Å². The van der Waals surface area contributed by atoms with Crippen molar-refractivity contribution < 1.29 is 56.6 Å². The topological polar surface area (TPSA) is 115 Å². The second-order valence-corrected chi connectivity index (χ2v) is 21.5. The van der Waals surface area contributed by atoms with Crippen LogP contribution in [0.5, 0.6) is 0 Å². The Morgan fingerprint density at radius 2 is 0.611 bits per heavy atom. The van der Waals surface area contributed by atoms with Crippen molar-refractivity contribution in [1.29, 1.82) is 0 Å². The van der Waals surface area contributed by atoms with E-state index in [4.69, 9.17) is 38.3 Å². The fourth-order valence-electron chi connectivity index (χ4n) is 8.23. The van der Waals surface area contributed by atoms with E-state index in [0.717, 1.165) is 69.4 Å². The van der Waals surface area contributed by atoms with E-state index in [1.54, 1.807) is 61.1 Å². The van der Waals surface area contributed by atoms with E-state index in [2.05, 4.69) is 144 Å². The van der Waals surface area contributed by atoms with Crippen LogP contribution in [0, 0.1) is 96.9 Å². The van der Waals surface area contributed by atoms with Crippen LogP contribution in [0.4, 0.5) is 22.7 Å². The Kier molecular flexibility index (Phi) is 33.9. The number of hydrogen-bond donors (Lipinski definition) is 2. The Morgan fingerprint density at radius 3 is 0.833 bits per heavy atom. The van der Waals surface area contributed by atoms with E-state index in [0.29, 0.717) is 11.1 Å². The van der Waals surface area contributed by atoms with Crippen LogP contribution in [0.25, 0.3) is 21.3 Å². The molecular weight excluding hydrogens is 1090 g/mol. The molecule has 2 N–H and O–H groups in total.